The van der Waals surface area contributed by atoms with Crippen molar-refractivity contribution in [1.82, 2.24) is 24.6 Å². The van der Waals surface area contributed by atoms with Gasteiger partial charge in [0.1, 0.15) is 5.82 Å². The van der Waals surface area contributed by atoms with Crippen LogP contribution in [0.3, 0.4) is 0 Å². The molecule has 1 atom stereocenters. The predicted molar refractivity (Wildman–Crippen MR) is 137 cm³/mol. The molecule has 0 bridgehead atoms. The number of hydrogen-bond acceptors (Lipinski definition) is 7. The van der Waals surface area contributed by atoms with Gasteiger partial charge in [0.2, 0.25) is 0 Å². The van der Waals surface area contributed by atoms with Crippen LogP contribution in [0.5, 0.6) is 0 Å². The quantitative estimate of drug-likeness (QED) is 0.440. The second kappa shape index (κ2) is 12.4. The van der Waals surface area contributed by atoms with Gasteiger partial charge in [-0.2, -0.15) is 18.3 Å². The molecular weight excluding hydrogens is 471 g/mol. The van der Waals surface area contributed by atoms with Crippen LogP contribution in [0.4, 0.5) is 24.7 Å². The van der Waals surface area contributed by atoms with Crippen molar-refractivity contribution >= 4 is 22.5 Å². The number of fused-ring (bicyclic) bond motifs is 1. The van der Waals surface area contributed by atoms with Crippen molar-refractivity contribution in [3.05, 3.63) is 30.5 Å². The number of nitrogen functional groups attached to an aromatic ring is 1. The second-order valence-electron chi connectivity index (χ2n) is 8.62. The molecule has 0 radical (unpaired) electrons. The van der Waals surface area contributed by atoms with Gasteiger partial charge in [-0.25, -0.2) is 14.6 Å². The molecular formula is C25H36F3N7O. The molecule has 0 aliphatic carbocycles. The van der Waals surface area contributed by atoms with Crippen LogP contribution in [0.2, 0.25) is 0 Å². The Kier molecular flexibility index (Phi) is 9.49. The number of morpholine rings is 1. The molecule has 0 amide bonds. The van der Waals surface area contributed by atoms with Crippen molar-refractivity contribution in [2.75, 3.05) is 57.1 Å². The third-order valence-corrected chi connectivity index (χ3v) is 6.02. The summed E-state index contributed by atoms with van der Waals surface area (Å²) in [4.78, 5) is 13.2. The van der Waals surface area contributed by atoms with Gasteiger partial charge in [-0.05, 0) is 44.2 Å². The first kappa shape index (κ1) is 27.7. The summed E-state index contributed by atoms with van der Waals surface area (Å²) >= 11 is 0. The minimum Gasteiger partial charge on any atom is -0.399 e. The summed E-state index contributed by atoms with van der Waals surface area (Å²) in [5, 5.41) is 5.44. The number of benzene rings is 1. The van der Waals surface area contributed by atoms with Gasteiger partial charge in [0.05, 0.1) is 37.4 Å². The first-order chi connectivity index (χ1) is 17.2. The van der Waals surface area contributed by atoms with E-state index in [4.69, 9.17) is 20.4 Å². The average molecular weight is 508 g/mol. The number of rotatable bonds is 8. The van der Waals surface area contributed by atoms with E-state index >= 15 is 0 Å². The van der Waals surface area contributed by atoms with Crippen LogP contribution in [0.25, 0.3) is 22.4 Å². The highest BCUT2D eigenvalue weighted by Gasteiger charge is 2.29. The zero-order chi connectivity index (χ0) is 26.3. The Morgan fingerprint density at radius 3 is 2.39 bits per heavy atom. The van der Waals surface area contributed by atoms with E-state index in [1.165, 1.54) is 11.9 Å². The number of halogens is 3. The molecule has 1 fully saturated rings. The Labute approximate surface area is 210 Å². The topological polar surface area (TPSA) is 85.3 Å². The van der Waals surface area contributed by atoms with Crippen molar-refractivity contribution in [3.8, 4) is 11.4 Å². The van der Waals surface area contributed by atoms with E-state index in [9.17, 15) is 13.2 Å². The lowest BCUT2D eigenvalue weighted by Crippen LogP contribution is -2.37. The van der Waals surface area contributed by atoms with Gasteiger partial charge >= 0.3 is 6.18 Å². The highest BCUT2D eigenvalue weighted by Crippen LogP contribution is 2.31. The van der Waals surface area contributed by atoms with Crippen LogP contribution in [-0.4, -0.2) is 77.3 Å². The lowest BCUT2D eigenvalue weighted by Gasteiger charge is -2.28. The van der Waals surface area contributed by atoms with Crippen LogP contribution in [0, 0.1) is 0 Å². The number of anilines is 2. The summed E-state index contributed by atoms with van der Waals surface area (Å²) in [6, 6.07) is 7.27. The van der Waals surface area contributed by atoms with Crippen molar-refractivity contribution in [2.45, 2.75) is 45.8 Å². The molecule has 4 rings (SSSR count). The van der Waals surface area contributed by atoms with E-state index < -0.39 is 12.7 Å². The Bertz CT molecular complexity index is 1100. The third-order valence-electron chi connectivity index (χ3n) is 6.02. The summed E-state index contributed by atoms with van der Waals surface area (Å²) in [5.41, 5.74) is 8.01. The first-order valence-electron chi connectivity index (χ1n) is 12.4. The summed E-state index contributed by atoms with van der Waals surface area (Å²) in [7, 11) is 1.49. The normalized spacial score (nSPS) is 15.2. The Morgan fingerprint density at radius 2 is 1.78 bits per heavy atom. The van der Waals surface area contributed by atoms with E-state index in [0.29, 0.717) is 62.8 Å². The SMILES string of the molecule is CC.CCC(CCN(C)CC(F)(F)F)n1ncc2c(N3CCOCC3)nc(-c3ccc(N)cc3)nc21. The largest absolute Gasteiger partial charge is 0.401 e. The Balaban J connectivity index is 0.00000176. The molecule has 36 heavy (non-hydrogen) atoms. The zero-order valence-electron chi connectivity index (χ0n) is 21.4. The first-order valence-corrected chi connectivity index (χ1v) is 12.4. The van der Waals surface area contributed by atoms with Crippen LogP contribution >= 0.6 is 0 Å². The molecule has 1 aliphatic rings. The van der Waals surface area contributed by atoms with E-state index in [0.717, 1.165) is 16.8 Å². The molecule has 1 aromatic carbocycles. The van der Waals surface area contributed by atoms with Crippen LogP contribution in [0.15, 0.2) is 30.5 Å². The maximum Gasteiger partial charge on any atom is 0.401 e. The molecule has 1 saturated heterocycles. The van der Waals surface area contributed by atoms with Crippen molar-refractivity contribution < 1.29 is 17.9 Å². The summed E-state index contributed by atoms with van der Waals surface area (Å²) in [6.45, 7) is 8.00. The van der Waals surface area contributed by atoms with Gasteiger partial charge < -0.3 is 15.4 Å². The van der Waals surface area contributed by atoms with Crippen LogP contribution in [-0.2, 0) is 4.74 Å². The van der Waals surface area contributed by atoms with Gasteiger partial charge in [-0.15, -0.1) is 0 Å². The maximum absolute atomic E-state index is 12.7. The number of ether oxygens (including phenoxy) is 1. The zero-order valence-corrected chi connectivity index (χ0v) is 21.4. The molecule has 3 aromatic rings. The van der Waals surface area contributed by atoms with Gasteiger partial charge in [0, 0.05) is 30.9 Å². The highest BCUT2D eigenvalue weighted by molar-refractivity contribution is 5.89. The van der Waals surface area contributed by atoms with Gasteiger partial charge in [-0.1, -0.05) is 20.8 Å². The number of nitrogens with zero attached hydrogens (tertiary/aromatic N) is 6. The minimum absolute atomic E-state index is 0.0973. The fourth-order valence-corrected chi connectivity index (χ4v) is 4.21. The predicted octanol–water partition coefficient (Wildman–Crippen LogP) is 4.77. The molecule has 1 aliphatic heterocycles. The van der Waals surface area contributed by atoms with Crippen molar-refractivity contribution in [3.63, 3.8) is 0 Å². The third kappa shape index (κ3) is 6.85. The average Bonchev–Trinajstić information content (AvgIpc) is 3.29. The lowest BCUT2D eigenvalue weighted by molar-refractivity contribution is -0.143. The van der Waals surface area contributed by atoms with E-state index in [1.54, 1.807) is 18.3 Å². The maximum atomic E-state index is 12.7. The molecule has 8 nitrogen and oxygen atoms in total. The van der Waals surface area contributed by atoms with E-state index in [2.05, 4.69) is 10.00 Å². The molecule has 1 unspecified atom stereocenters. The van der Waals surface area contributed by atoms with E-state index in [1.807, 2.05) is 37.6 Å². The molecule has 2 N–H and O–H groups in total. The smallest absolute Gasteiger partial charge is 0.399 e. The lowest BCUT2D eigenvalue weighted by atomic mass is 10.1. The Morgan fingerprint density at radius 1 is 1.11 bits per heavy atom. The number of alkyl halides is 3. The highest BCUT2D eigenvalue weighted by atomic mass is 19.4. The second-order valence-corrected chi connectivity index (χ2v) is 8.62. The van der Waals surface area contributed by atoms with Gasteiger partial charge in [0.15, 0.2) is 11.5 Å². The van der Waals surface area contributed by atoms with E-state index in [-0.39, 0.29) is 6.04 Å². The summed E-state index contributed by atoms with van der Waals surface area (Å²) in [6.07, 6.45) is -1.23. The van der Waals surface area contributed by atoms with Crippen molar-refractivity contribution in [2.24, 2.45) is 0 Å². The number of hydrogen-bond donors (Lipinski definition) is 1. The van der Waals surface area contributed by atoms with Crippen LogP contribution < -0.4 is 10.6 Å². The van der Waals surface area contributed by atoms with Crippen molar-refractivity contribution in [1.29, 1.82) is 0 Å². The fourth-order valence-electron chi connectivity index (χ4n) is 4.21. The molecule has 198 valence electrons. The fraction of sp³-hybridized carbons (Fsp3) is 0.560. The molecule has 2 aromatic heterocycles. The van der Waals surface area contributed by atoms with Crippen LogP contribution in [0.1, 0.15) is 39.7 Å². The summed E-state index contributed by atoms with van der Waals surface area (Å²) in [5.74, 6) is 1.34. The van der Waals surface area contributed by atoms with Gasteiger partial charge in [0.25, 0.3) is 0 Å². The molecule has 0 saturated carbocycles. The minimum atomic E-state index is -4.22. The molecule has 3 heterocycles. The Hall–Kier alpha value is -2.92. The van der Waals surface area contributed by atoms with Gasteiger partial charge in [-0.3, -0.25) is 4.90 Å². The number of aromatic nitrogens is 4. The molecule has 0 spiro atoms. The number of nitrogens with two attached hydrogens (primary N) is 1. The monoisotopic (exact) mass is 507 g/mol. The molecule has 11 heteroatoms. The standard InChI is InChI=1S/C23H30F3N7O.C2H6/c1-3-18(8-9-31(2)15-23(24,25)26)33-22-19(14-28-33)21(32-10-12-34-13-11-32)29-20(30-22)16-4-6-17(27)7-5-16;1-2/h4-7,14,18H,3,8-13,15,27H2,1-2H3;1-2H3. The summed E-state index contributed by atoms with van der Waals surface area (Å²) < 4.78 is 45.6.